The molecule has 0 amide bonds. The highest BCUT2D eigenvalue weighted by Crippen LogP contribution is 2.21. The van der Waals surface area contributed by atoms with Crippen molar-refractivity contribution in [2.75, 3.05) is 33.4 Å². The van der Waals surface area contributed by atoms with Crippen LogP contribution in [0.15, 0.2) is 23.2 Å². The number of rotatable bonds is 9. The highest BCUT2D eigenvalue weighted by atomic mass is 127. The lowest BCUT2D eigenvalue weighted by Crippen LogP contribution is -2.38. The molecule has 132 valence electrons. The summed E-state index contributed by atoms with van der Waals surface area (Å²) in [6, 6.07) is 6.23. The largest absolute Gasteiger partial charge is 0.494 e. The van der Waals surface area contributed by atoms with Gasteiger partial charge in [-0.05, 0) is 38.8 Å². The second-order valence-corrected chi connectivity index (χ2v) is 5.01. The first-order valence-corrected chi connectivity index (χ1v) is 7.94. The van der Waals surface area contributed by atoms with Gasteiger partial charge in [0.1, 0.15) is 5.75 Å². The Morgan fingerprint density at radius 1 is 1.22 bits per heavy atom. The number of hydrogen-bond acceptors (Lipinski definition) is 3. The summed E-state index contributed by atoms with van der Waals surface area (Å²) in [5.41, 5.74) is 2.29. The molecule has 0 saturated carbocycles. The number of aryl methyl sites for hydroxylation is 1. The van der Waals surface area contributed by atoms with Gasteiger partial charge in [-0.1, -0.05) is 12.1 Å². The van der Waals surface area contributed by atoms with Crippen LogP contribution in [0.25, 0.3) is 0 Å². The molecule has 0 aliphatic carbocycles. The quantitative estimate of drug-likeness (QED) is 0.271. The average Bonchev–Trinajstić information content (AvgIpc) is 2.51. The van der Waals surface area contributed by atoms with E-state index >= 15 is 0 Å². The first-order valence-electron chi connectivity index (χ1n) is 7.94. The van der Waals surface area contributed by atoms with Crippen molar-refractivity contribution in [3.05, 3.63) is 29.3 Å². The summed E-state index contributed by atoms with van der Waals surface area (Å²) in [6.07, 6.45) is 0.954. The van der Waals surface area contributed by atoms with E-state index in [1.54, 1.807) is 7.11 Å². The van der Waals surface area contributed by atoms with Crippen LogP contribution in [0, 0.1) is 6.92 Å². The number of guanidine groups is 1. The van der Waals surface area contributed by atoms with Crippen molar-refractivity contribution in [3.63, 3.8) is 0 Å². The molecule has 5 nitrogen and oxygen atoms in total. The third-order valence-corrected chi connectivity index (χ3v) is 3.09. The minimum absolute atomic E-state index is 0. The molecule has 0 aliphatic rings. The zero-order valence-corrected chi connectivity index (χ0v) is 17.0. The van der Waals surface area contributed by atoms with E-state index in [9.17, 15) is 0 Å². The Hall–Kier alpha value is -1.02. The summed E-state index contributed by atoms with van der Waals surface area (Å²) in [6.45, 7) is 9.80. The zero-order chi connectivity index (χ0) is 16.2. The summed E-state index contributed by atoms with van der Waals surface area (Å²) in [5, 5.41) is 6.56. The predicted molar refractivity (Wildman–Crippen MR) is 107 cm³/mol. The van der Waals surface area contributed by atoms with E-state index in [0.29, 0.717) is 13.2 Å². The van der Waals surface area contributed by atoms with Gasteiger partial charge in [0.25, 0.3) is 0 Å². The van der Waals surface area contributed by atoms with Crippen LogP contribution >= 0.6 is 24.0 Å². The standard InChI is InChI=1S/C17H29N3O2.HI/c1-5-18-17(19-10-7-11-21-4)20-13-15-9-8-14(3)12-16(15)22-6-2;/h8-9,12H,5-7,10-11,13H2,1-4H3,(H2,18,19,20);1H. The molecule has 0 radical (unpaired) electrons. The molecule has 23 heavy (non-hydrogen) atoms. The fraction of sp³-hybridized carbons (Fsp3) is 0.588. The highest BCUT2D eigenvalue weighted by molar-refractivity contribution is 14.0. The number of nitrogens with zero attached hydrogens (tertiary/aromatic N) is 1. The third-order valence-electron chi connectivity index (χ3n) is 3.09. The van der Waals surface area contributed by atoms with Gasteiger partial charge in [0.15, 0.2) is 5.96 Å². The number of methoxy groups -OCH3 is 1. The Labute approximate surface area is 157 Å². The monoisotopic (exact) mass is 435 g/mol. The van der Waals surface area contributed by atoms with E-state index in [1.807, 2.05) is 6.92 Å². The van der Waals surface area contributed by atoms with Crippen LogP contribution in [0.5, 0.6) is 5.75 Å². The lowest BCUT2D eigenvalue weighted by Gasteiger charge is -2.13. The van der Waals surface area contributed by atoms with E-state index in [2.05, 4.69) is 47.7 Å². The average molecular weight is 435 g/mol. The van der Waals surface area contributed by atoms with Gasteiger partial charge < -0.3 is 20.1 Å². The number of nitrogens with one attached hydrogen (secondary N) is 2. The van der Waals surface area contributed by atoms with Crippen LogP contribution < -0.4 is 15.4 Å². The molecular weight excluding hydrogens is 405 g/mol. The second kappa shape index (κ2) is 13.4. The maximum Gasteiger partial charge on any atom is 0.191 e. The number of halogens is 1. The lowest BCUT2D eigenvalue weighted by atomic mass is 10.1. The molecule has 0 bridgehead atoms. The van der Waals surface area contributed by atoms with Crippen LogP contribution in [-0.2, 0) is 11.3 Å². The number of aliphatic imine (C=N–C) groups is 1. The Morgan fingerprint density at radius 3 is 2.65 bits per heavy atom. The number of benzene rings is 1. The molecule has 6 heteroatoms. The first kappa shape index (κ1) is 22.0. The van der Waals surface area contributed by atoms with Crippen molar-refractivity contribution in [2.24, 2.45) is 4.99 Å². The number of ether oxygens (including phenoxy) is 2. The van der Waals surface area contributed by atoms with Crippen molar-refractivity contribution < 1.29 is 9.47 Å². The topological polar surface area (TPSA) is 54.9 Å². The zero-order valence-electron chi connectivity index (χ0n) is 14.6. The van der Waals surface area contributed by atoms with Gasteiger partial charge >= 0.3 is 0 Å². The van der Waals surface area contributed by atoms with Gasteiger partial charge in [-0.2, -0.15) is 0 Å². The van der Waals surface area contributed by atoms with Crippen LogP contribution in [-0.4, -0.2) is 39.4 Å². The molecule has 0 fully saturated rings. The first-order chi connectivity index (χ1) is 10.7. The molecule has 0 saturated heterocycles. The highest BCUT2D eigenvalue weighted by Gasteiger charge is 2.04. The van der Waals surface area contributed by atoms with E-state index < -0.39 is 0 Å². The van der Waals surface area contributed by atoms with Gasteiger partial charge in [0.2, 0.25) is 0 Å². The van der Waals surface area contributed by atoms with E-state index in [1.165, 1.54) is 5.56 Å². The summed E-state index contributed by atoms with van der Waals surface area (Å²) < 4.78 is 10.7. The molecule has 0 spiro atoms. The fourth-order valence-corrected chi connectivity index (χ4v) is 2.01. The molecule has 0 aliphatic heterocycles. The van der Waals surface area contributed by atoms with Crippen molar-refractivity contribution >= 4 is 29.9 Å². The van der Waals surface area contributed by atoms with Gasteiger partial charge in [-0.25, -0.2) is 4.99 Å². The Balaban J connectivity index is 0.00000484. The molecule has 0 heterocycles. The van der Waals surface area contributed by atoms with Gasteiger partial charge in [-0.3, -0.25) is 0 Å². The van der Waals surface area contributed by atoms with Crippen molar-refractivity contribution in [3.8, 4) is 5.75 Å². The maximum atomic E-state index is 5.70. The van der Waals surface area contributed by atoms with Crippen LogP contribution in [0.1, 0.15) is 31.4 Å². The summed E-state index contributed by atoms with van der Waals surface area (Å²) in [4.78, 5) is 4.63. The van der Waals surface area contributed by atoms with Crippen LogP contribution in [0.4, 0.5) is 0 Å². The van der Waals surface area contributed by atoms with Crippen molar-refractivity contribution in [1.29, 1.82) is 0 Å². The normalized spacial score (nSPS) is 10.9. The Morgan fingerprint density at radius 2 is 2.00 bits per heavy atom. The maximum absolute atomic E-state index is 5.70. The van der Waals surface area contributed by atoms with Gasteiger partial charge in [-0.15, -0.1) is 24.0 Å². The summed E-state index contributed by atoms with van der Waals surface area (Å²) in [5.74, 6) is 1.74. The summed E-state index contributed by atoms with van der Waals surface area (Å²) >= 11 is 0. The molecule has 1 rings (SSSR count). The smallest absolute Gasteiger partial charge is 0.191 e. The molecule has 1 aromatic rings. The molecule has 0 aromatic heterocycles. The van der Waals surface area contributed by atoms with Crippen molar-refractivity contribution in [1.82, 2.24) is 10.6 Å². The number of hydrogen-bond donors (Lipinski definition) is 2. The minimum Gasteiger partial charge on any atom is -0.494 e. The van der Waals surface area contributed by atoms with Crippen LogP contribution in [0.3, 0.4) is 0 Å². The fourth-order valence-electron chi connectivity index (χ4n) is 2.01. The second-order valence-electron chi connectivity index (χ2n) is 5.01. The Kier molecular flexibility index (Phi) is 12.8. The predicted octanol–water partition coefficient (Wildman–Crippen LogP) is 3.10. The van der Waals surface area contributed by atoms with E-state index in [-0.39, 0.29) is 24.0 Å². The SMILES string of the molecule is CCNC(=NCc1ccc(C)cc1OCC)NCCCOC.I. The van der Waals surface area contributed by atoms with Crippen LogP contribution in [0.2, 0.25) is 0 Å². The van der Waals surface area contributed by atoms with Crippen molar-refractivity contribution in [2.45, 2.75) is 33.7 Å². The van der Waals surface area contributed by atoms with Gasteiger partial charge in [0.05, 0.1) is 13.2 Å². The lowest BCUT2D eigenvalue weighted by molar-refractivity contribution is 0.195. The summed E-state index contributed by atoms with van der Waals surface area (Å²) in [7, 11) is 1.71. The molecule has 1 aromatic carbocycles. The Bertz CT molecular complexity index is 467. The molecule has 0 unspecified atom stereocenters. The third kappa shape index (κ3) is 9.00. The molecule has 2 N–H and O–H groups in total. The minimum atomic E-state index is 0. The van der Waals surface area contributed by atoms with E-state index in [4.69, 9.17) is 9.47 Å². The molecular formula is C17H30IN3O2. The van der Waals surface area contributed by atoms with E-state index in [0.717, 1.165) is 43.4 Å². The van der Waals surface area contributed by atoms with Gasteiger partial charge in [0, 0.05) is 32.4 Å². The molecule has 0 atom stereocenters.